The third-order valence-corrected chi connectivity index (χ3v) is 6.73. The fourth-order valence-corrected chi connectivity index (χ4v) is 4.50. The normalized spacial score (nSPS) is 15.6. The lowest BCUT2D eigenvalue weighted by Crippen LogP contribution is -2.47. The topological polar surface area (TPSA) is 96.0 Å². The van der Waals surface area contributed by atoms with E-state index in [9.17, 15) is 22.4 Å². The van der Waals surface area contributed by atoms with Crippen LogP contribution in [0.25, 0.3) is 0 Å². The Morgan fingerprint density at radius 1 is 1.03 bits per heavy atom. The van der Waals surface area contributed by atoms with E-state index in [1.165, 1.54) is 41.7 Å². The molecule has 3 rings (SSSR count). The number of benzene rings is 2. The molecule has 160 valence electrons. The quantitative estimate of drug-likeness (QED) is 0.720. The zero-order valence-corrected chi connectivity index (χ0v) is 17.4. The zero-order valence-electron chi connectivity index (χ0n) is 16.6. The number of carbonyl (C=O) groups excluding carboxylic acids is 2. The lowest BCUT2D eigenvalue weighted by Gasteiger charge is -2.31. The fourth-order valence-electron chi connectivity index (χ4n) is 3.04. The summed E-state index contributed by atoms with van der Waals surface area (Å²) in [6, 6.07) is 8.99. The van der Waals surface area contributed by atoms with Crippen LogP contribution < -0.4 is 5.32 Å². The summed E-state index contributed by atoms with van der Waals surface area (Å²) in [6.07, 6.45) is 0. The Morgan fingerprint density at radius 3 is 2.40 bits per heavy atom. The van der Waals surface area contributed by atoms with Gasteiger partial charge in [0.15, 0.2) is 0 Å². The molecule has 1 saturated heterocycles. The van der Waals surface area contributed by atoms with Crippen LogP contribution in [-0.2, 0) is 14.8 Å². The number of esters is 1. The molecule has 1 aliphatic rings. The van der Waals surface area contributed by atoms with E-state index in [1.54, 1.807) is 0 Å². The van der Waals surface area contributed by atoms with Gasteiger partial charge in [-0.3, -0.25) is 4.79 Å². The van der Waals surface area contributed by atoms with Crippen molar-refractivity contribution >= 4 is 27.6 Å². The van der Waals surface area contributed by atoms with Gasteiger partial charge in [-0.15, -0.1) is 0 Å². The van der Waals surface area contributed by atoms with E-state index < -0.39 is 27.7 Å². The van der Waals surface area contributed by atoms with Crippen LogP contribution in [-0.4, -0.2) is 69.8 Å². The first-order valence-corrected chi connectivity index (χ1v) is 10.6. The van der Waals surface area contributed by atoms with Crippen molar-refractivity contribution in [1.29, 1.82) is 0 Å². The van der Waals surface area contributed by atoms with Crippen LogP contribution in [0.2, 0.25) is 0 Å². The fraction of sp³-hybridized carbons (Fsp3) is 0.300. The summed E-state index contributed by atoms with van der Waals surface area (Å²) in [6.45, 7) is 1.96. The van der Waals surface area contributed by atoms with Crippen LogP contribution in [0.3, 0.4) is 0 Å². The highest BCUT2D eigenvalue weighted by molar-refractivity contribution is 7.89. The number of amides is 1. The molecule has 0 aromatic heterocycles. The maximum Gasteiger partial charge on any atom is 0.337 e. The van der Waals surface area contributed by atoms with Crippen molar-refractivity contribution in [3.63, 3.8) is 0 Å². The summed E-state index contributed by atoms with van der Waals surface area (Å²) in [7, 11) is -0.642. The summed E-state index contributed by atoms with van der Waals surface area (Å²) in [5.74, 6) is -2.12. The molecule has 0 bridgehead atoms. The molecular formula is C20H22FN3O5S. The van der Waals surface area contributed by atoms with Crippen molar-refractivity contribution in [2.75, 3.05) is 45.7 Å². The number of carbonyl (C=O) groups is 2. The van der Waals surface area contributed by atoms with Crippen molar-refractivity contribution in [1.82, 2.24) is 9.21 Å². The summed E-state index contributed by atoms with van der Waals surface area (Å²) >= 11 is 0. The number of sulfonamides is 1. The summed E-state index contributed by atoms with van der Waals surface area (Å²) in [5.41, 5.74) is -0.0936. The van der Waals surface area contributed by atoms with Gasteiger partial charge in [-0.2, -0.15) is 4.31 Å². The minimum Gasteiger partial charge on any atom is -0.465 e. The highest BCUT2D eigenvalue weighted by Gasteiger charge is 2.28. The number of nitrogens with zero attached hydrogens (tertiary/aromatic N) is 2. The van der Waals surface area contributed by atoms with Gasteiger partial charge in [0, 0.05) is 31.7 Å². The van der Waals surface area contributed by atoms with Gasteiger partial charge in [-0.25, -0.2) is 17.6 Å². The first-order chi connectivity index (χ1) is 14.2. The molecule has 0 saturated carbocycles. The number of ether oxygens (including phenoxy) is 1. The average Bonchev–Trinajstić information content (AvgIpc) is 2.75. The van der Waals surface area contributed by atoms with Crippen LogP contribution in [0.15, 0.2) is 47.4 Å². The number of methoxy groups -OCH3 is 1. The third-order valence-electron chi connectivity index (χ3n) is 4.83. The molecule has 2 aromatic carbocycles. The molecule has 2 aromatic rings. The number of likely N-dealkylation sites (N-methyl/N-ethyl adjacent to an activating group) is 1. The molecule has 0 atom stereocenters. The lowest BCUT2D eigenvalue weighted by atomic mass is 10.1. The number of anilines is 1. The molecule has 0 unspecified atom stereocenters. The van der Waals surface area contributed by atoms with E-state index in [2.05, 4.69) is 10.1 Å². The summed E-state index contributed by atoms with van der Waals surface area (Å²) in [5, 5.41) is 2.37. The van der Waals surface area contributed by atoms with E-state index in [-0.39, 0.29) is 21.7 Å². The highest BCUT2D eigenvalue weighted by atomic mass is 32.2. The van der Waals surface area contributed by atoms with Crippen LogP contribution in [0.1, 0.15) is 20.7 Å². The van der Waals surface area contributed by atoms with Crippen molar-refractivity contribution < 1.29 is 27.1 Å². The van der Waals surface area contributed by atoms with Gasteiger partial charge in [0.1, 0.15) is 5.82 Å². The van der Waals surface area contributed by atoms with E-state index >= 15 is 0 Å². The van der Waals surface area contributed by atoms with Crippen LogP contribution in [0, 0.1) is 5.82 Å². The smallest absolute Gasteiger partial charge is 0.337 e. The molecule has 1 fully saturated rings. The molecule has 0 aliphatic carbocycles. The Labute approximate surface area is 174 Å². The predicted molar refractivity (Wildman–Crippen MR) is 108 cm³/mol. The van der Waals surface area contributed by atoms with Gasteiger partial charge in [-0.05, 0) is 43.4 Å². The Kier molecular flexibility index (Phi) is 6.49. The molecule has 1 heterocycles. The average molecular weight is 435 g/mol. The lowest BCUT2D eigenvalue weighted by molar-refractivity contribution is 0.0600. The number of halogens is 1. The molecule has 1 amide bonds. The number of rotatable bonds is 5. The van der Waals surface area contributed by atoms with E-state index in [0.29, 0.717) is 26.2 Å². The Balaban J connectivity index is 1.82. The molecule has 30 heavy (non-hydrogen) atoms. The van der Waals surface area contributed by atoms with Crippen molar-refractivity contribution in [2.45, 2.75) is 4.90 Å². The summed E-state index contributed by atoms with van der Waals surface area (Å²) < 4.78 is 45.8. The number of hydrogen-bond acceptors (Lipinski definition) is 6. The molecule has 1 aliphatic heterocycles. The molecule has 8 nitrogen and oxygen atoms in total. The second kappa shape index (κ2) is 8.90. The van der Waals surface area contributed by atoms with Crippen molar-refractivity contribution in [2.24, 2.45) is 0 Å². The standard InChI is InChI=1S/C20H22FN3O5S/c1-23-8-10-24(11-9-23)30(27,28)16-5-3-4-14(12-16)19(25)22-18-13-15(20(26)29-2)6-7-17(18)21/h3-7,12-13H,8-11H2,1-2H3,(H,22,25). The molecule has 10 heteroatoms. The second-order valence-corrected chi connectivity index (χ2v) is 8.81. The van der Waals surface area contributed by atoms with Gasteiger partial charge in [0.05, 0.1) is 23.3 Å². The van der Waals surface area contributed by atoms with Crippen molar-refractivity contribution in [3.8, 4) is 0 Å². The van der Waals surface area contributed by atoms with E-state index in [1.807, 2.05) is 11.9 Å². The third kappa shape index (κ3) is 4.66. The molecule has 1 N–H and O–H groups in total. The van der Waals surface area contributed by atoms with Gasteiger partial charge in [0.2, 0.25) is 10.0 Å². The largest absolute Gasteiger partial charge is 0.465 e. The number of hydrogen-bond donors (Lipinski definition) is 1. The zero-order chi connectivity index (χ0) is 21.9. The first kappa shape index (κ1) is 21.9. The summed E-state index contributed by atoms with van der Waals surface area (Å²) in [4.78, 5) is 26.3. The Morgan fingerprint density at radius 2 is 1.73 bits per heavy atom. The molecular weight excluding hydrogens is 413 g/mol. The minimum absolute atomic E-state index is 0.0107. The molecule has 0 spiro atoms. The van der Waals surface area contributed by atoms with Gasteiger partial charge in [-0.1, -0.05) is 6.07 Å². The van der Waals surface area contributed by atoms with Gasteiger partial charge in [0.25, 0.3) is 5.91 Å². The van der Waals surface area contributed by atoms with Crippen LogP contribution in [0.5, 0.6) is 0 Å². The van der Waals surface area contributed by atoms with Crippen LogP contribution in [0.4, 0.5) is 10.1 Å². The van der Waals surface area contributed by atoms with Crippen LogP contribution >= 0.6 is 0 Å². The highest BCUT2D eigenvalue weighted by Crippen LogP contribution is 2.21. The first-order valence-electron chi connectivity index (χ1n) is 9.20. The second-order valence-electron chi connectivity index (χ2n) is 6.88. The van der Waals surface area contributed by atoms with Crippen molar-refractivity contribution in [3.05, 3.63) is 59.4 Å². The van der Waals surface area contributed by atoms with Gasteiger partial charge < -0.3 is 15.0 Å². The number of nitrogens with one attached hydrogen (secondary N) is 1. The molecule has 0 radical (unpaired) electrons. The monoisotopic (exact) mass is 435 g/mol. The minimum atomic E-state index is -3.75. The Bertz CT molecular complexity index is 1070. The van der Waals surface area contributed by atoms with Gasteiger partial charge >= 0.3 is 5.97 Å². The number of piperazine rings is 1. The maximum atomic E-state index is 14.1. The predicted octanol–water partition coefficient (Wildman–Crippen LogP) is 1.80. The SMILES string of the molecule is COC(=O)c1ccc(F)c(NC(=O)c2cccc(S(=O)(=O)N3CCN(C)CC3)c2)c1. The van der Waals surface area contributed by atoms with E-state index in [0.717, 1.165) is 12.1 Å². The Hall–Kier alpha value is -2.82. The maximum absolute atomic E-state index is 14.1. The van der Waals surface area contributed by atoms with E-state index in [4.69, 9.17) is 0 Å².